The zero-order valence-electron chi connectivity index (χ0n) is 14.1. The number of carbonyl (C=O) groups is 2. The maximum absolute atomic E-state index is 12.4. The van der Waals surface area contributed by atoms with Gasteiger partial charge in [-0.2, -0.15) is 4.99 Å². The largest absolute Gasteiger partial charge is 0.352 e. The normalized spacial score (nSPS) is 16.0. The van der Waals surface area contributed by atoms with Gasteiger partial charge in [0, 0.05) is 22.7 Å². The average molecular weight is 343 g/mol. The predicted octanol–water partition coefficient (Wildman–Crippen LogP) is 2.75. The maximum atomic E-state index is 12.4. The van der Waals surface area contributed by atoms with E-state index in [0.29, 0.717) is 16.4 Å². The molecule has 1 aromatic carbocycles. The molecule has 0 saturated heterocycles. The monoisotopic (exact) mass is 343 g/mol. The van der Waals surface area contributed by atoms with Gasteiger partial charge in [-0.25, -0.2) is 0 Å². The molecule has 1 heterocycles. The summed E-state index contributed by atoms with van der Waals surface area (Å²) in [4.78, 5) is 30.6. The summed E-state index contributed by atoms with van der Waals surface area (Å²) in [5, 5.41) is 3.00. The van der Waals surface area contributed by atoms with Gasteiger partial charge in [-0.05, 0) is 45.7 Å². The fraction of sp³-hybridized carbons (Fsp3) is 0.389. The third kappa shape index (κ3) is 3.82. The molecule has 1 unspecified atom stereocenters. The van der Waals surface area contributed by atoms with Crippen LogP contribution < -0.4 is 10.1 Å². The van der Waals surface area contributed by atoms with Crippen LogP contribution in [0.3, 0.4) is 0 Å². The van der Waals surface area contributed by atoms with Crippen molar-refractivity contribution in [2.24, 2.45) is 4.99 Å². The van der Waals surface area contributed by atoms with Crippen molar-refractivity contribution in [2.75, 3.05) is 0 Å². The first-order chi connectivity index (χ1) is 11.4. The third-order valence-corrected chi connectivity index (χ3v) is 4.89. The molecule has 0 bridgehead atoms. The summed E-state index contributed by atoms with van der Waals surface area (Å²) in [5.41, 5.74) is 1.58. The van der Waals surface area contributed by atoms with Crippen LogP contribution in [0, 0.1) is 13.8 Å². The minimum atomic E-state index is -0.389. The van der Waals surface area contributed by atoms with Crippen LogP contribution in [0.4, 0.5) is 0 Å². The second-order valence-electron chi connectivity index (χ2n) is 6.28. The summed E-state index contributed by atoms with van der Waals surface area (Å²) in [5.74, 6) is -0.316. The Labute approximate surface area is 145 Å². The van der Waals surface area contributed by atoms with Crippen LogP contribution in [0.15, 0.2) is 35.5 Å². The Morgan fingerprint density at radius 2 is 2.08 bits per heavy atom. The number of nitrogens with zero attached hydrogens (tertiary/aromatic N) is 2. The zero-order chi connectivity index (χ0) is 17.3. The van der Waals surface area contributed by atoms with E-state index in [4.69, 9.17) is 0 Å². The Bertz CT molecular complexity index is 846. The molecule has 1 saturated carbocycles. The van der Waals surface area contributed by atoms with Crippen LogP contribution in [0.2, 0.25) is 0 Å². The second kappa shape index (κ2) is 6.73. The van der Waals surface area contributed by atoms with Crippen molar-refractivity contribution in [1.82, 2.24) is 9.88 Å². The van der Waals surface area contributed by atoms with Crippen molar-refractivity contribution >= 4 is 23.2 Å². The maximum Gasteiger partial charge on any atom is 0.279 e. The van der Waals surface area contributed by atoms with Crippen molar-refractivity contribution in [1.29, 1.82) is 0 Å². The van der Waals surface area contributed by atoms with Crippen molar-refractivity contribution < 1.29 is 9.59 Å². The first kappa shape index (κ1) is 16.6. The van der Waals surface area contributed by atoms with Crippen LogP contribution in [-0.2, 0) is 4.79 Å². The Morgan fingerprint density at radius 3 is 2.75 bits per heavy atom. The zero-order valence-corrected chi connectivity index (χ0v) is 14.9. The van der Waals surface area contributed by atoms with Gasteiger partial charge in [-0.15, -0.1) is 11.3 Å². The van der Waals surface area contributed by atoms with E-state index >= 15 is 0 Å². The van der Waals surface area contributed by atoms with Crippen molar-refractivity contribution in [3.05, 3.63) is 51.3 Å². The molecule has 0 spiro atoms. The molecule has 126 valence electrons. The van der Waals surface area contributed by atoms with E-state index in [9.17, 15) is 9.59 Å². The Morgan fingerprint density at radius 1 is 1.33 bits per heavy atom. The molecule has 1 N–H and O–H groups in total. The number of nitrogens with one attached hydrogen (secondary N) is 1. The SMILES string of the molecule is Cc1cccc(C(=O)N=c2sc(C)cn2C(C)C(=O)NC2CC2)c1. The molecule has 1 fully saturated rings. The van der Waals surface area contributed by atoms with Crippen molar-refractivity contribution in [3.63, 3.8) is 0 Å². The molecule has 2 aromatic rings. The molecular formula is C18H21N3O2S. The average Bonchev–Trinajstić information content (AvgIpc) is 3.28. The van der Waals surface area contributed by atoms with Gasteiger partial charge in [0.2, 0.25) is 5.91 Å². The summed E-state index contributed by atoms with van der Waals surface area (Å²) >= 11 is 1.42. The summed E-state index contributed by atoms with van der Waals surface area (Å²) in [6, 6.07) is 7.29. The summed E-state index contributed by atoms with van der Waals surface area (Å²) < 4.78 is 1.78. The van der Waals surface area contributed by atoms with Crippen LogP contribution in [-0.4, -0.2) is 22.4 Å². The van der Waals surface area contributed by atoms with Gasteiger partial charge < -0.3 is 9.88 Å². The first-order valence-electron chi connectivity index (χ1n) is 8.08. The van der Waals surface area contributed by atoms with E-state index in [2.05, 4.69) is 10.3 Å². The smallest absolute Gasteiger partial charge is 0.279 e. The number of aryl methyl sites for hydroxylation is 2. The van der Waals surface area contributed by atoms with E-state index in [-0.39, 0.29) is 17.9 Å². The van der Waals surface area contributed by atoms with E-state index in [1.165, 1.54) is 11.3 Å². The fourth-order valence-corrected chi connectivity index (χ4v) is 3.34. The van der Waals surface area contributed by atoms with Crippen molar-refractivity contribution in [2.45, 2.75) is 45.7 Å². The molecule has 1 aliphatic rings. The Kier molecular flexibility index (Phi) is 4.66. The van der Waals surface area contributed by atoms with E-state index in [1.54, 1.807) is 10.6 Å². The summed E-state index contributed by atoms with van der Waals surface area (Å²) in [6.45, 7) is 5.72. The molecule has 2 amide bonds. The van der Waals surface area contributed by atoms with Crippen LogP contribution >= 0.6 is 11.3 Å². The number of thiazole rings is 1. The standard InChI is InChI=1S/C18H21N3O2S/c1-11-5-4-6-14(9-11)17(23)20-18-21(10-12(2)24-18)13(3)16(22)19-15-7-8-15/h4-6,9-10,13,15H,7-8H2,1-3H3,(H,19,22). The Hall–Kier alpha value is -2.21. The summed E-state index contributed by atoms with van der Waals surface area (Å²) in [6.07, 6.45) is 3.98. The predicted molar refractivity (Wildman–Crippen MR) is 94.0 cm³/mol. The van der Waals surface area contributed by atoms with Crippen LogP contribution in [0.5, 0.6) is 0 Å². The lowest BCUT2D eigenvalue weighted by Gasteiger charge is -2.13. The first-order valence-corrected chi connectivity index (χ1v) is 8.90. The highest BCUT2D eigenvalue weighted by atomic mass is 32.1. The van der Waals surface area contributed by atoms with Gasteiger partial charge in [-0.3, -0.25) is 9.59 Å². The molecule has 6 heteroatoms. The molecule has 1 atom stereocenters. The number of aromatic nitrogens is 1. The lowest BCUT2D eigenvalue weighted by atomic mass is 10.1. The van der Waals surface area contributed by atoms with E-state index in [1.807, 2.05) is 45.2 Å². The van der Waals surface area contributed by atoms with Gasteiger partial charge >= 0.3 is 0 Å². The minimum Gasteiger partial charge on any atom is -0.352 e. The van der Waals surface area contributed by atoms with Crippen LogP contribution in [0.1, 0.15) is 46.6 Å². The molecular weight excluding hydrogens is 322 g/mol. The topological polar surface area (TPSA) is 63.5 Å². The number of carbonyl (C=O) groups excluding carboxylic acids is 2. The Balaban J connectivity index is 1.90. The lowest BCUT2D eigenvalue weighted by Crippen LogP contribution is -2.35. The molecule has 5 nitrogen and oxygen atoms in total. The summed E-state index contributed by atoms with van der Waals surface area (Å²) in [7, 11) is 0. The number of hydrogen-bond acceptors (Lipinski definition) is 3. The number of benzene rings is 1. The van der Waals surface area contributed by atoms with Gasteiger partial charge in [0.05, 0.1) is 0 Å². The number of amides is 2. The minimum absolute atomic E-state index is 0.0280. The van der Waals surface area contributed by atoms with Gasteiger partial charge in [0.1, 0.15) is 6.04 Å². The molecule has 1 aliphatic carbocycles. The quantitative estimate of drug-likeness (QED) is 0.928. The highest BCUT2D eigenvalue weighted by Crippen LogP contribution is 2.20. The van der Waals surface area contributed by atoms with Crippen LogP contribution in [0.25, 0.3) is 0 Å². The van der Waals surface area contributed by atoms with Gasteiger partial charge in [-0.1, -0.05) is 17.7 Å². The lowest BCUT2D eigenvalue weighted by molar-refractivity contribution is -0.124. The molecule has 1 aromatic heterocycles. The molecule has 0 radical (unpaired) electrons. The third-order valence-electron chi connectivity index (χ3n) is 3.98. The highest BCUT2D eigenvalue weighted by Gasteiger charge is 2.26. The number of hydrogen-bond donors (Lipinski definition) is 1. The van der Waals surface area contributed by atoms with Gasteiger partial charge in [0.25, 0.3) is 5.91 Å². The molecule has 24 heavy (non-hydrogen) atoms. The molecule has 0 aliphatic heterocycles. The van der Waals surface area contributed by atoms with Crippen molar-refractivity contribution in [3.8, 4) is 0 Å². The van der Waals surface area contributed by atoms with E-state index in [0.717, 1.165) is 23.3 Å². The van der Waals surface area contributed by atoms with Gasteiger partial charge in [0.15, 0.2) is 4.80 Å². The van der Waals surface area contributed by atoms with E-state index < -0.39 is 0 Å². The second-order valence-corrected chi connectivity index (χ2v) is 7.49. The number of rotatable bonds is 4. The fourth-order valence-electron chi connectivity index (χ4n) is 2.44. The molecule has 3 rings (SSSR count). The highest BCUT2D eigenvalue weighted by molar-refractivity contribution is 7.09.